The summed E-state index contributed by atoms with van der Waals surface area (Å²) in [5, 5.41) is 0. The number of carbonyl (C=O) groups excluding carboxylic acids is 2. The second-order valence-corrected chi connectivity index (χ2v) is 14.8. The highest BCUT2D eigenvalue weighted by Crippen LogP contribution is 2.43. The molecule has 288 valence electrons. The molecule has 2 atom stereocenters. The van der Waals surface area contributed by atoms with Gasteiger partial charge in [0.15, 0.2) is 6.10 Å². The number of carbonyl (C=O) groups is 2. The Labute approximate surface area is 301 Å². The van der Waals surface area contributed by atoms with Gasteiger partial charge in [0.1, 0.15) is 6.61 Å². The van der Waals surface area contributed by atoms with E-state index >= 15 is 0 Å². The molecule has 0 aliphatic carbocycles. The first-order chi connectivity index (χ1) is 23.8. The molecule has 8 nitrogen and oxygen atoms in total. The van der Waals surface area contributed by atoms with Gasteiger partial charge in [0.25, 0.3) is 0 Å². The second-order valence-electron chi connectivity index (χ2n) is 13.3. The molecule has 0 aromatic heterocycles. The lowest BCUT2D eigenvalue weighted by Crippen LogP contribution is -2.29. The molecular weight excluding hydrogens is 639 g/mol. The standard InChI is InChI=1S/C40H75O8P/c1-4-7-9-11-13-15-17-19-21-23-24-26-28-30-32-34-39(41)45-36-38(37-47-49(43,44)46-6-3)48-40(42)35-33-31-29-27-25-22-20-18-16-14-12-10-8-5-2/h12,14,18,20,38H,4-11,13,15-17,19,21-37H2,1-3H3,(H,43,44)/b14-12-,20-18-. The quantitative estimate of drug-likeness (QED) is 0.0293. The van der Waals surface area contributed by atoms with Crippen LogP contribution in [0.25, 0.3) is 0 Å². The Morgan fingerprint density at radius 1 is 0.551 bits per heavy atom. The third kappa shape index (κ3) is 36.1. The summed E-state index contributed by atoms with van der Waals surface area (Å²) in [4.78, 5) is 34.6. The van der Waals surface area contributed by atoms with E-state index in [1.54, 1.807) is 6.92 Å². The number of unbranched alkanes of at least 4 members (excludes halogenated alkanes) is 21. The fraction of sp³-hybridized carbons (Fsp3) is 0.850. The van der Waals surface area contributed by atoms with Crippen molar-refractivity contribution in [1.29, 1.82) is 0 Å². The zero-order chi connectivity index (χ0) is 36.1. The lowest BCUT2D eigenvalue weighted by Gasteiger charge is -2.19. The van der Waals surface area contributed by atoms with E-state index in [1.807, 2.05) is 0 Å². The molecule has 0 aliphatic heterocycles. The summed E-state index contributed by atoms with van der Waals surface area (Å²) in [7, 11) is -4.28. The van der Waals surface area contributed by atoms with Crippen molar-refractivity contribution in [3.05, 3.63) is 24.3 Å². The Balaban J connectivity index is 4.12. The summed E-state index contributed by atoms with van der Waals surface area (Å²) in [6, 6.07) is 0. The number of phosphoric ester groups is 1. The molecule has 0 amide bonds. The van der Waals surface area contributed by atoms with E-state index in [4.69, 9.17) is 18.5 Å². The summed E-state index contributed by atoms with van der Waals surface area (Å²) in [6.07, 6.45) is 38.0. The molecule has 0 spiro atoms. The lowest BCUT2D eigenvalue weighted by atomic mass is 10.0. The fourth-order valence-electron chi connectivity index (χ4n) is 5.53. The number of phosphoric acid groups is 1. The minimum Gasteiger partial charge on any atom is -0.462 e. The van der Waals surface area contributed by atoms with E-state index in [9.17, 15) is 19.0 Å². The van der Waals surface area contributed by atoms with Crippen molar-refractivity contribution < 1.29 is 37.6 Å². The minimum absolute atomic E-state index is 0.000765. The minimum atomic E-state index is -4.28. The molecule has 0 rings (SSSR count). The average molecular weight is 715 g/mol. The summed E-state index contributed by atoms with van der Waals surface area (Å²) < 4.78 is 32.6. The largest absolute Gasteiger partial charge is 0.472 e. The van der Waals surface area contributed by atoms with Crippen LogP contribution in [0.2, 0.25) is 0 Å². The first kappa shape index (κ1) is 47.5. The molecule has 0 saturated carbocycles. The topological polar surface area (TPSA) is 108 Å². The molecule has 0 bridgehead atoms. The molecule has 0 aliphatic rings. The van der Waals surface area contributed by atoms with Crippen LogP contribution in [0.3, 0.4) is 0 Å². The number of hydrogen-bond acceptors (Lipinski definition) is 7. The normalized spacial score (nSPS) is 13.6. The van der Waals surface area contributed by atoms with Crippen LogP contribution in [-0.4, -0.2) is 42.8 Å². The van der Waals surface area contributed by atoms with Crippen molar-refractivity contribution in [2.24, 2.45) is 0 Å². The van der Waals surface area contributed by atoms with Gasteiger partial charge in [0, 0.05) is 12.8 Å². The van der Waals surface area contributed by atoms with Crippen LogP contribution in [0.1, 0.15) is 194 Å². The Morgan fingerprint density at radius 3 is 1.51 bits per heavy atom. The maximum Gasteiger partial charge on any atom is 0.472 e. The molecule has 0 aromatic rings. The van der Waals surface area contributed by atoms with Gasteiger partial charge in [-0.25, -0.2) is 4.57 Å². The Hall–Kier alpha value is -1.47. The molecule has 1 N–H and O–H groups in total. The molecule has 0 fully saturated rings. The summed E-state index contributed by atoms with van der Waals surface area (Å²) in [5.41, 5.74) is 0. The van der Waals surface area contributed by atoms with E-state index < -0.39 is 26.5 Å². The van der Waals surface area contributed by atoms with Crippen molar-refractivity contribution in [1.82, 2.24) is 0 Å². The molecule has 49 heavy (non-hydrogen) atoms. The second kappa shape index (κ2) is 36.3. The van der Waals surface area contributed by atoms with Gasteiger partial charge < -0.3 is 14.4 Å². The third-order valence-corrected chi connectivity index (χ3v) is 9.57. The SMILES string of the molecule is CCCC/C=C\C/C=C\CCCCCCCC(=O)OC(COC(=O)CCCCCCCCCCCCCCCCC)COP(=O)(O)OCC. The smallest absolute Gasteiger partial charge is 0.462 e. The van der Waals surface area contributed by atoms with Crippen molar-refractivity contribution in [2.75, 3.05) is 19.8 Å². The number of hydrogen-bond donors (Lipinski definition) is 1. The lowest BCUT2D eigenvalue weighted by molar-refractivity contribution is -0.161. The molecule has 2 unspecified atom stereocenters. The van der Waals surface area contributed by atoms with Gasteiger partial charge >= 0.3 is 19.8 Å². The van der Waals surface area contributed by atoms with Gasteiger partial charge in [-0.15, -0.1) is 0 Å². The van der Waals surface area contributed by atoms with E-state index in [1.165, 1.54) is 89.9 Å². The van der Waals surface area contributed by atoms with E-state index in [0.29, 0.717) is 12.8 Å². The van der Waals surface area contributed by atoms with E-state index in [2.05, 4.69) is 38.2 Å². The fourth-order valence-corrected chi connectivity index (χ4v) is 6.28. The van der Waals surface area contributed by atoms with Gasteiger partial charge in [-0.3, -0.25) is 18.6 Å². The van der Waals surface area contributed by atoms with Crippen molar-refractivity contribution >= 4 is 19.8 Å². The predicted octanol–water partition coefficient (Wildman–Crippen LogP) is 12.3. The van der Waals surface area contributed by atoms with Crippen molar-refractivity contribution in [2.45, 2.75) is 200 Å². The molecule has 0 aromatic carbocycles. The molecule has 0 heterocycles. The number of rotatable bonds is 37. The Morgan fingerprint density at radius 2 is 1.00 bits per heavy atom. The number of allylic oxidation sites excluding steroid dienone is 4. The Bertz CT molecular complexity index is 859. The van der Waals surface area contributed by atoms with Crippen LogP contribution in [-0.2, 0) is 32.7 Å². The van der Waals surface area contributed by atoms with Crippen molar-refractivity contribution in [3.63, 3.8) is 0 Å². The Kier molecular flexibility index (Phi) is 35.2. The monoisotopic (exact) mass is 715 g/mol. The van der Waals surface area contributed by atoms with Gasteiger partial charge in [-0.05, 0) is 45.4 Å². The highest BCUT2D eigenvalue weighted by Gasteiger charge is 2.25. The van der Waals surface area contributed by atoms with Crippen LogP contribution >= 0.6 is 7.82 Å². The van der Waals surface area contributed by atoms with Crippen LogP contribution in [0.15, 0.2) is 24.3 Å². The zero-order valence-corrected chi connectivity index (χ0v) is 32.7. The third-order valence-electron chi connectivity index (χ3n) is 8.51. The maximum absolute atomic E-state index is 12.5. The highest BCUT2D eigenvalue weighted by atomic mass is 31.2. The number of ether oxygens (including phenoxy) is 2. The number of esters is 2. The summed E-state index contributed by atoms with van der Waals surface area (Å²) in [6.45, 7) is 5.42. The van der Waals surface area contributed by atoms with Crippen molar-refractivity contribution in [3.8, 4) is 0 Å². The zero-order valence-electron chi connectivity index (χ0n) is 31.9. The molecule has 9 heteroatoms. The van der Waals surface area contributed by atoms with Crippen LogP contribution in [0.4, 0.5) is 0 Å². The summed E-state index contributed by atoms with van der Waals surface area (Å²) >= 11 is 0. The first-order valence-corrected chi connectivity index (χ1v) is 21.6. The first-order valence-electron chi connectivity index (χ1n) is 20.1. The van der Waals surface area contributed by atoms with Crippen LogP contribution in [0, 0.1) is 0 Å². The molecule has 0 radical (unpaired) electrons. The average Bonchev–Trinajstić information content (AvgIpc) is 3.07. The summed E-state index contributed by atoms with van der Waals surface area (Å²) in [5.74, 6) is -0.808. The van der Waals surface area contributed by atoms with Gasteiger partial charge in [0.2, 0.25) is 0 Å². The van der Waals surface area contributed by atoms with Gasteiger partial charge in [0.05, 0.1) is 13.2 Å². The maximum atomic E-state index is 12.5. The predicted molar refractivity (Wildman–Crippen MR) is 203 cm³/mol. The van der Waals surface area contributed by atoms with Gasteiger partial charge in [-0.2, -0.15) is 0 Å². The van der Waals surface area contributed by atoms with Crippen LogP contribution in [0.5, 0.6) is 0 Å². The van der Waals surface area contributed by atoms with E-state index in [-0.39, 0.29) is 25.6 Å². The molecule has 0 saturated heterocycles. The molecular formula is C40H75O8P. The van der Waals surface area contributed by atoms with Crippen LogP contribution < -0.4 is 0 Å². The van der Waals surface area contributed by atoms with Gasteiger partial charge in [-0.1, -0.05) is 160 Å². The highest BCUT2D eigenvalue weighted by molar-refractivity contribution is 7.47. The van der Waals surface area contributed by atoms with E-state index in [0.717, 1.165) is 64.2 Å².